The van der Waals surface area contributed by atoms with Gasteiger partial charge in [0.05, 0.1) is 11.5 Å². The molecule has 108 valence electrons. The molecule has 2 heterocycles. The molecule has 20 heavy (non-hydrogen) atoms. The molecule has 2 aromatic heterocycles. The van der Waals surface area contributed by atoms with E-state index >= 15 is 0 Å². The molecule has 0 radical (unpaired) electrons. The second-order valence-electron chi connectivity index (χ2n) is 5.37. The highest BCUT2D eigenvalue weighted by atomic mass is 32.1. The largest absolute Gasteiger partial charge is 0.393 e. The maximum atomic E-state index is 9.34. The Morgan fingerprint density at radius 2 is 2.15 bits per heavy atom. The number of aliphatic hydroxyl groups excluding tert-OH is 1. The molecule has 1 aliphatic rings. The fraction of sp³-hybridized carbons (Fsp3) is 0.571. The average molecular weight is 292 g/mol. The van der Waals surface area contributed by atoms with Crippen LogP contribution in [0, 0.1) is 12.8 Å². The Morgan fingerprint density at radius 3 is 2.85 bits per heavy atom. The Bertz CT molecular complexity index is 606. The molecule has 0 spiro atoms. The van der Waals surface area contributed by atoms with Gasteiger partial charge in [-0.15, -0.1) is 11.3 Å². The number of hydrogen-bond donors (Lipinski definition) is 3. The van der Waals surface area contributed by atoms with Crippen LogP contribution in [0.25, 0.3) is 10.2 Å². The van der Waals surface area contributed by atoms with E-state index in [1.807, 2.05) is 6.92 Å². The summed E-state index contributed by atoms with van der Waals surface area (Å²) in [5, 5.41) is 17.0. The molecule has 0 amide bonds. The second-order valence-corrected chi connectivity index (χ2v) is 6.61. The SMILES string of the molecule is CCNc1nc(NCC2CC(O)C2)c2cc(C)sc2n1. The van der Waals surface area contributed by atoms with E-state index in [2.05, 4.69) is 33.6 Å². The van der Waals surface area contributed by atoms with Gasteiger partial charge in [-0.1, -0.05) is 0 Å². The van der Waals surface area contributed by atoms with Crippen LogP contribution in [0.4, 0.5) is 11.8 Å². The molecular formula is C14H20N4OS. The highest BCUT2D eigenvalue weighted by molar-refractivity contribution is 7.18. The summed E-state index contributed by atoms with van der Waals surface area (Å²) >= 11 is 1.69. The minimum Gasteiger partial charge on any atom is -0.393 e. The average Bonchev–Trinajstić information content (AvgIpc) is 2.74. The van der Waals surface area contributed by atoms with Crippen LogP contribution in [0.5, 0.6) is 0 Å². The number of nitrogens with zero attached hydrogens (tertiary/aromatic N) is 2. The van der Waals surface area contributed by atoms with Gasteiger partial charge in [0.25, 0.3) is 0 Å². The lowest BCUT2D eigenvalue weighted by atomic mass is 9.82. The minimum absolute atomic E-state index is 0.104. The number of anilines is 2. The van der Waals surface area contributed by atoms with Crippen molar-refractivity contribution in [2.45, 2.75) is 32.8 Å². The number of aromatic nitrogens is 2. The van der Waals surface area contributed by atoms with Crippen LogP contribution in [-0.2, 0) is 0 Å². The van der Waals surface area contributed by atoms with Crippen LogP contribution in [0.15, 0.2) is 6.07 Å². The number of aryl methyl sites for hydroxylation is 1. The van der Waals surface area contributed by atoms with E-state index in [4.69, 9.17) is 0 Å². The van der Waals surface area contributed by atoms with Gasteiger partial charge in [-0.2, -0.15) is 4.98 Å². The lowest BCUT2D eigenvalue weighted by molar-refractivity contribution is 0.0486. The topological polar surface area (TPSA) is 70.1 Å². The third-order valence-corrected chi connectivity index (χ3v) is 4.56. The van der Waals surface area contributed by atoms with Crippen LogP contribution in [0.3, 0.4) is 0 Å². The molecule has 1 saturated carbocycles. The zero-order valence-corrected chi connectivity index (χ0v) is 12.6. The minimum atomic E-state index is -0.104. The lowest BCUT2D eigenvalue weighted by Gasteiger charge is -2.31. The smallest absolute Gasteiger partial charge is 0.226 e. The summed E-state index contributed by atoms with van der Waals surface area (Å²) in [6.07, 6.45) is 1.68. The summed E-state index contributed by atoms with van der Waals surface area (Å²) in [7, 11) is 0. The molecule has 0 aliphatic heterocycles. The van der Waals surface area contributed by atoms with E-state index in [-0.39, 0.29) is 6.10 Å². The lowest BCUT2D eigenvalue weighted by Crippen LogP contribution is -2.33. The van der Waals surface area contributed by atoms with Crippen molar-refractivity contribution in [3.05, 3.63) is 10.9 Å². The Morgan fingerprint density at radius 1 is 1.35 bits per heavy atom. The van der Waals surface area contributed by atoms with E-state index in [0.29, 0.717) is 11.9 Å². The van der Waals surface area contributed by atoms with Crippen molar-refractivity contribution in [1.82, 2.24) is 9.97 Å². The maximum Gasteiger partial charge on any atom is 0.226 e. The molecule has 1 aliphatic carbocycles. The number of aliphatic hydroxyl groups is 1. The van der Waals surface area contributed by atoms with E-state index < -0.39 is 0 Å². The van der Waals surface area contributed by atoms with Gasteiger partial charge in [-0.05, 0) is 38.7 Å². The Hall–Kier alpha value is -1.40. The van der Waals surface area contributed by atoms with Crippen LogP contribution in [0.2, 0.25) is 0 Å². The summed E-state index contributed by atoms with van der Waals surface area (Å²) in [4.78, 5) is 11.4. The van der Waals surface area contributed by atoms with Gasteiger partial charge < -0.3 is 15.7 Å². The summed E-state index contributed by atoms with van der Waals surface area (Å²) in [5.41, 5.74) is 0. The Kier molecular flexibility index (Phi) is 3.76. The van der Waals surface area contributed by atoms with Crippen molar-refractivity contribution in [1.29, 1.82) is 0 Å². The molecular weight excluding hydrogens is 272 g/mol. The van der Waals surface area contributed by atoms with Gasteiger partial charge in [0.15, 0.2) is 0 Å². The number of fused-ring (bicyclic) bond motifs is 1. The first-order chi connectivity index (χ1) is 9.65. The van der Waals surface area contributed by atoms with E-state index in [1.165, 1.54) is 4.88 Å². The van der Waals surface area contributed by atoms with Crippen LogP contribution < -0.4 is 10.6 Å². The van der Waals surface area contributed by atoms with Gasteiger partial charge >= 0.3 is 0 Å². The second kappa shape index (κ2) is 5.54. The predicted octanol–water partition coefficient (Wildman–Crippen LogP) is 2.61. The molecule has 1 fully saturated rings. The fourth-order valence-electron chi connectivity index (χ4n) is 2.52. The summed E-state index contributed by atoms with van der Waals surface area (Å²) in [6, 6.07) is 2.13. The fourth-order valence-corrected chi connectivity index (χ4v) is 3.40. The molecule has 2 aromatic rings. The Balaban J connectivity index is 1.82. The van der Waals surface area contributed by atoms with Crippen molar-refractivity contribution in [2.75, 3.05) is 23.7 Å². The van der Waals surface area contributed by atoms with Gasteiger partial charge in [0, 0.05) is 18.0 Å². The van der Waals surface area contributed by atoms with Crippen molar-refractivity contribution < 1.29 is 5.11 Å². The van der Waals surface area contributed by atoms with Crippen LogP contribution >= 0.6 is 11.3 Å². The van der Waals surface area contributed by atoms with Crippen molar-refractivity contribution in [3.8, 4) is 0 Å². The van der Waals surface area contributed by atoms with Gasteiger partial charge in [-0.25, -0.2) is 4.98 Å². The number of rotatable bonds is 5. The quantitative estimate of drug-likeness (QED) is 0.790. The van der Waals surface area contributed by atoms with Crippen molar-refractivity contribution in [3.63, 3.8) is 0 Å². The molecule has 5 nitrogen and oxygen atoms in total. The molecule has 3 rings (SSSR count). The normalized spacial score (nSPS) is 21.8. The third-order valence-electron chi connectivity index (χ3n) is 3.62. The van der Waals surface area contributed by atoms with Crippen molar-refractivity contribution >= 4 is 33.3 Å². The zero-order valence-electron chi connectivity index (χ0n) is 11.8. The highest BCUT2D eigenvalue weighted by Gasteiger charge is 2.27. The molecule has 0 unspecified atom stereocenters. The molecule has 3 N–H and O–H groups in total. The van der Waals surface area contributed by atoms with E-state index in [9.17, 15) is 5.11 Å². The summed E-state index contributed by atoms with van der Waals surface area (Å²) in [5.74, 6) is 2.13. The van der Waals surface area contributed by atoms with Crippen LogP contribution in [-0.4, -0.2) is 34.3 Å². The van der Waals surface area contributed by atoms with E-state index in [1.54, 1.807) is 11.3 Å². The maximum absolute atomic E-state index is 9.34. The zero-order chi connectivity index (χ0) is 14.1. The third kappa shape index (κ3) is 2.71. The first kappa shape index (κ1) is 13.6. The molecule has 0 bridgehead atoms. The monoisotopic (exact) mass is 292 g/mol. The number of nitrogens with one attached hydrogen (secondary N) is 2. The highest BCUT2D eigenvalue weighted by Crippen LogP contribution is 2.31. The van der Waals surface area contributed by atoms with Gasteiger partial charge in [0.2, 0.25) is 5.95 Å². The molecule has 0 atom stereocenters. The Labute approximate surface area is 122 Å². The van der Waals surface area contributed by atoms with E-state index in [0.717, 1.165) is 42.0 Å². The summed E-state index contributed by atoms with van der Waals surface area (Å²) < 4.78 is 0. The molecule has 0 aromatic carbocycles. The standard InChI is InChI=1S/C14H20N4OS/c1-3-15-14-17-12(16-7-9-5-10(19)6-9)11-4-8(2)20-13(11)18-14/h4,9-10,19H,3,5-7H2,1-2H3,(H2,15,16,17,18). The molecule has 6 heteroatoms. The number of hydrogen-bond acceptors (Lipinski definition) is 6. The first-order valence-corrected chi connectivity index (χ1v) is 7.91. The summed E-state index contributed by atoms with van der Waals surface area (Å²) in [6.45, 7) is 5.80. The van der Waals surface area contributed by atoms with Gasteiger partial charge in [0.1, 0.15) is 10.6 Å². The predicted molar refractivity (Wildman–Crippen MR) is 83.5 cm³/mol. The van der Waals surface area contributed by atoms with Crippen LogP contribution in [0.1, 0.15) is 24.6 Å². The van der Waals surface area contributed by atoms with Crippen molar-refractivity contribution in [2.24, 2.45) is 5.92 Å². The van der Waals surface area contributed by atoms with Gasteiger partial charge in [-0.3, -0.25) is 0 Å². The molecule has 0 saturated heterocycles. The number of thiophene rings is 1. The first-order valence-electron chi connectivity index (χ1n) is 7.09.